The Balaban J connectivity index is 1.66. The summed E-state index contributed by atoms with van der Waals surface area (Å²) in [7, 11) is 1.76. The molecule has 0 aliphatic carbocycles. The Morgan fingerprint density at radius 3 is 2.86 bits per heavy atom. The zero-order chi connectivity index (χ0) is 15.7. The van der Waals surface area contributed by atoms with Gasteiger partial charge in [-0.3, -0.25) is 10.1 Å². The molecule has 1 N–H and O–H groups in total. The molecule has 1 aromatic carbocycles. The van der Waals surface area contributed by atoms with E-state index in [1.165, 1.54) is 0 Å². The van der Waals surface area contributed by atoms with Crippen LogP contribution < -0.4 is 10.2 Å². The lowest BCUT2D eigenvalue weighted by Gasteiger charge is -2.19. The van der Waals surface area contributed by atoms with Gasteiger partial charge in [0.1, 0.15) is 5.82 Å². The first-order valence-corrected chi connectivity index (χ1v) is 7.60. The first-order chi connectivity index (χ1) is 10.5. The Labute approximate surface area is 134 Å². The summed E-state index contributed by atoms with van der Waals surface area (Å²) in [5, 5.41) is 7.69. The van der Waals surface area contributed by atoms with E-state index < -0.39 is 0 Å². The summed E-state index contributed by atoms with van der Waals surface area (Å²) in [6, 6.07) is 7.71. The molecule has 1 aromatic heterocycles. The van der Waals surface area contributed by atoms with Crippen LogP contribution in [0.2, 0.25) is 5.02 Å². The second-order valence-electron chi connectivity index (χ2n) is 5.48. The van der Waals surface area contributed by atoms with Gasteiger partial charge in [0.05, 0.1) is 16.6 Å². The Morgan fingerprint density at radius 1 is 1.41 bits per heavy atom. The third kappa shape index (κ3) is 2.92. The van der Waals surface area contributed by atoms with Crippen LogP contribution in [0.25, 0.3) is 0 Å². The van der Waals surface area contributed by atoms with E-state index in [2.05, 4.69) is 20.3 Å². The minimum absolute atomic E-state index is 0.0231. The zero-order valence-corrected chi connectivity index (χ0v) is 13.3. The predicted molar refractivity (Wildman–Crippen MR) is 86.1 cm³/mol. The molecule has 0 spiro atoms. The van der Waals surface area contributed by atoms with Crippen molar-refractivity contribution in [3.63, 3.8) is 0 Å². The van der Waals surface area contributed by atoms with Crippen molar-refractivity contribution in [2.75, 3.05) is 23.3 Å². The largest absolute Gasteiger partial charge is 0.370 e. The number of halogens is 1. The van der Waals surface area contributed by atoms with Gasteiger partial charge in [-0.05, 0) is 25.5 Å². The van der Waals surface area contributed by atoms with Crippen LogP contribution in [0.3, 0.4) is 0 Å². The Morgan fingerprint density at radius 2 is 2.18 bits per heavy atom. The number of carbonyl (C=O) groups excluding carboxylic acids is 1. The van der Waals surface area contributed by atoms with Crippen LogP contribution in [-0.4, -0.2) is 33.8 Å². The van der Waals surface area contributed by atoms with E-state index in [1.54, 1.807) is 18.7 Å². The molecule has 0 saturated carbocycles. The third-order valence-electron chi connectivity index (χ3n) is 3.86. The number of anilines is 2. The number of carbonyl (C=O) groups is 1. The summed E-state index contributed by atoms with van der Waals surface area (Å²) in [5.74, 6) is 1.03. The van der Waals surface area contributed by atoms with E-state index in [4.69, 9.17) is 11.6 Å². The number of aryl methyl sites for hydroxylation is 2. The van der Waals surface area contributed by atoms with E-state index >= 15 is 0 Å². The normalized spacial score (nSPS) is 17.8. The van der Waals surface area contributed by atoms with Crippen molar-refractivity contribution in [3.8, 4) is 0 Å². The lowest BCUT2D eigenvalue weighted by molar-refractivity contribution is -0.119. The average molecular weight is 320 g/mol. The van der Waals surface area contributed by atoms with Crippen LogP contribution in [-0.2, 0) is 11.8 Å². The fraction of sp³-hybridized carbons (Fsp3) is 0.400. The fourth-order valence-electron chi connectivity index (χ4n) is 2.73. The minimum Gasteiger partial charge on any atom is -0.370 e. The van der Waals surface area contributed by atoms with Crippen LogP contribution in [0.15, 0.2) is 24.3 Å². The van der Waals surface area contributed by atoms with Gasteiger partial charge in [0.15, 0.2) is 0 Å². The van der Waals surface area contributed by atoms with Crippen LogP contribution in [0, 0.1) is 12.8 Å². The van der Waals surface area contributed by atoms with Crippen molar-refractivity contribution < 1.29 is 4.79 Å². The number of amides is 1. The maximum absolute atomic E-state index is 12.4. The van der Waals surface area contributed by atoms with Crippen molar-refractivity contribution in [2.45, 2.75) is 13.3 Å². The molecule has 3 rings (SSSR count). The molecule has 0 radical (unpaired) electrons. The highest BCUT2D eigenvalue weighted by Crippen LogP contribution is 2.30. The lowest BCUT2D eigenvalue weighted by atomic mass is 10.1. The quantitative estimate of drug-likeness (QED) is 0.942. The van der Waals surface area contributed by atoms with Gasteiger partial charge in [-0.25, -0.2) is 4.68 Å². The second kappa shape index (κ2) is 5.96. The Kier molecular flexibility index (Phi) is 4.02. The summed E-state index contributed by atoms with van der Waals surface area (Å²) >= 11 is 6.22. The molecule has 6 nitrogen and oxygen atoms in total. The van der Waals surface area contributed by atoms with Crippen LogP contribution in [0.4, 0.5) is 11.6 Å². The van der Waals surface area contributed by atoms with Crippen molar-refractivity contribution in [3.05, 3.63) is 35.1 Å². The highest BCUT2D eigenvalue weighted by Gasteiger charge is 2.30. The highest BCUT2D eigenvalue weighted by molar-refractivity contribution is 6.33. The first-order valence-electron chi connectivity index (χ1n) is 7.22. The van der Waals surface area contributed by atoms with E-state index in [9.17, 15) is 4.79 Å². The van der Waals surface area contributed by atoms with Crippen LogP contribution in [0.5, 0.6) is 0 Å². The van der Waals surface area contributed by atoms with Gasteiger partial charge in [-0.15, -0.1) is 0 Å². The lowest BCUT2D eigenvalue weighted by Crippen LogP contribution is -2.28. The van der Waals surface area contributed by atoms with Crippen molar-refractivity contribution in [1.82, 2.24) is 14.8 Å². The van der Waals surface area contributed by atoms with E-state index in [0.717, 1.165) is 18.7 Å². The molecule has 1 aliphatic rings. The molecule has 0 bridgehead atoms. The van der Waals surface area contributed by atoms with E-state index in [-0.39, 0.29) is 11.8 Å². The summed E-state index contributed by atoms with van der Waals surface area (Å²) < 4.78 is 1.58. The van der Waals surface area contributed by atoms with Crippen LogP contribution >= 0.6 is 11.6 Å². The molecule has 1 fully saturated rings. The minimum atomic E-state index is -0.0757. The highest BCUT2D eigenvalue weighted by atomic mass is 35.5. The maximum atomic E-state index is 12.4. The van der Waals surface area contributed by atoms with E-state index in [1.807, 2.05) is 24.3 Å². The molecule has 116 valence electrons. The molecule has 22 heavy (non-hydrogen) atoms. The van der Waals surface area contributed by atoms with E-state index in [0.29, 0.717) is 23.3 Å². The molecular formula is C15H18ClN5O. The number of nitrogens with zero attached hydrogens (tertiary/aromatic N) is 4. The fourth-order valence-corrected chi connectivity index (χ4v) is 2.99. The van der Waals surface area contributed by atoms with Gasteiger partial charge in [-0.1, -0.05) is 23.7 Å². The molecule has 2 heterocycles. The van der Waals surface area contributed by atoms with Gasteiger partial charge in [-0.2, -0.15) is 10.1 Å². The SMILES string of the molecule is Cc1nc(NC(=O)C2CCN(c3ccccc3Cl)C2)n(C)n1. The standard InChI is InChI=1S/C15H18ClN5O/c1-10-17-15(20(2)19-10)18-14(22)11-7-8-21(9-11)13-6-4-3-5-12(13)16/h3-6,11H,7-9H2,1-2H3,(H,17,18,19,22). The molecular weight excluding hydrogens is 302 g/mol. The van der Waals surface area contributed by atoms with Gasteiger partial charge in [0.25, 0.3) is 0 Å². The molecule has 7 heteroatoms. The predicted octanol–water partition coefficient (Wildman–Crippen LogP) is 2.24. The van der Waals surface area contributed by atoms with Crippen molar-refractivity contribution in [2.24, 2.45) is 13.0 Å². The smallest absolute Gasteiger partial charge is 0.231 e. The number of benzene rings is 1. The molecule has 1 saturated heterocycles. The van der Waals surface area contributed by atoms with Gasteiger partial charge in [0.2, 0.25) is 11.9 Å². The van der Waals surface area contributed by atoms with Crippen molar-refractivity contribution >= 4 is 29.1 Å². The zero-order valence-electron chi connectivity index (χ0n) is 12.6. The number of aromatic nitrogens is 3. The maximum Gasteiger partial charge on any atom is 0.231 e. The summed E-state index contributed by atoms with van der Waals surface area (Å²) in [6.45, 7) is 3.27. The number of hydrogen-bond acceptors (Lipinski definition) is 4. The summed E-state index contributed by atoms with van der Waals surface area (Å²) in [6.07, 6.45) is 0.799. The molecule has 2 aromatic rings. The summed E-state index contributed by atoms with van der Waals surface area (Å²) in [5.41, 5.74) is 0.981. The second-order valence-corrected chi connectivity index (χ2v) is 5.89. The Bertz CT molecular complexity index is 699. The average Bonchev–Trinajstić information content (AvgIpc) is 3.07. The summed E-state index contributed by atoms with van der Waals surface area (Å²) in [4.78, 5) is 18.7. The molecule has 1 amide bonds. The van der Waals surface area contributed by atoms with Crippen LogP contribution in [0.1, 0.15) is 12.2 Å². The molecule has 1 atom stereocenters. The topological polar surface area (TPSA) is 63.1 Å². The number of para-hydroxylation sites is 1. The number of hydrogen-bond donors (Lipinski definition) is 1. The monoisotopic (exact) mass is 319 g/mol. The Hall–Kier alpha value is -2.08. The third-order valence-corrected chi connectivity index (χ3v) is 4.18. The number of nitrogens with one attached hydrogen (secondary N) is 1. The van der Waals surface area contributed by atoms with Gasteiger partial charge in [0, 0.05) is 20.1 Å². The molecule has 1 aliphatic heterocycles. The molecule has 1 unspecified atom stereocenters. The number of rotatable bonds is 3. The van der Waals surface area contributed by atoms with Gasteiger partial charge < -0.3 is 4.90 Å². The van der Waals surface area contributed by atoms with Gasteiger partial charge >= 0.3 is 0 Å². The van der Waals surface area contributed by atoms with Crippen molar-refractivity contribution in [1.29, 1.82) is 0 Å². The first kappa shape index (κ1) is 14.8.